The summed E-state index contributed by atoms with van der Waals surface area (Å²) in [5.41, 5.74) is 5.99. The van der Waals surface area contributed by atoms with Crippen molar-refractivity contribution in [3.8, 4) is 0 Å². The van der Waals surface area contributed by atoms with Crippen molar-refractivity contribution >= 4 is 38.9 Å². The predicted octanol–water partition coefficient (Wildman–Crippen LogP) is 1.88. The van der Waals surface area contributed by atoms with Crippen LogP contribution in [-0.2, 0) is 4.74 Å². The lowest BCUT2D eigenvalue weighted by Crippen LogP contribution is -2.01. The number of carbonyl (C=O) groups excluding carboxylic acids is 1. The molecule has 1 heterocycles. The Morgan fingerprint density at radius 2 is 2.45 bits per heavy atom. The van der Waals surface area contributed by atoms with Gasteiger partial charge in [0.1, 0.15) is 4.88 Å². The molecule has 0 aliphatic rings. The molecule has 0 fully saturated rings. The summed E-state index contributed by atoms with van der Waals surface area (Å²) in [6, 6.07) is 0. The summed E-state index contributed by atoms with van der Waals surface area (Å²) >= 11 is 4.45. The predicted molar refractivity (Wildman–Crippen MR) is 47.8 cm³/mol. The second-order valence-electron chi connectivity index (χ2n) is 1.82. The van der Waals surface area contributed by atoms with Gasteiger partial charge in [-0.2, -0.15) is 0 Å². The number of hydrogen-bond acceptors (Lipinski definition) is 4. The van der Waals surface area contributed by atoms with Crippen molar-refractivity contribution in [3.05, 3.63) is 14.7 Å². The van der Waals surface area contributed by atoms with E-state index in [-0.39, 0.29) is 0 Å². The average Bonchev–Trinajstić information content (AvgIpc) is 2.32. The number of esters is 1. The maximum Gasteiger partial charge on any atom is 0.350 e. The van der Waals surface area contributed by atoms with Gasteiger partial charge in [-0.05, 0) is 15.9 Å². The fraction of sp³-hybridized carbons (Fsp3) is 0.167. The summed E-state index contributed by atoms with van der Waals surface area (Å²) in [6.07, 6.45) is 0. The van der Waals surface area contributed by atoms with E-state index in [1.807, 2.05) is 0 Å². The van der Waals surface area contributed by atoms with E-state index in [9.17, 15) is 4.79 Å². The fourth-order valence-electron chi connectivity index (χ4n) is 0.597. The Hall–Kier alpha value is -0.550. The number of rotatable bonds is 1. The Morgan fingerprint density at radius 1 is 1.82 bits per heavy atom. The third-order valence-electron chi connectivity index (χ3n) is 1.15. The summed E-state index contributed by atoms with van der Waals surface area (Å²) in [5.74, 6) is -0.391. The van der Waals surface area contributed by atoms with E-state index in [1.54, 1.807) is 5.38 Å². The molecule has 0 saturated heterocycles. The molecule has 0 saturated carbocycles. The molecule has 1 aromatic heterocycles. The lowest BCUT2D eigenvalue weighted by molar-refractivity contribution is 0.0607. The third kappa shape index (κ3) is 1.54. The summed E-state index contributed by atoms with van der Waals surface area (Å²) in [5, 5.41) is 1.75. The van der Waals surface area contributed by atoms with Gasteiger partial charge in [0.2, 0.25) is 0 Å². The third-order valence-corrected chi connectivity index (χ3v) is 3.09. The van der Waals surface area contributed by atoms with Crippen molar-refractivity contribution in [3.63, 3.8) is 0 Å². The Balaban J connectivity index is 3.04. The van der Waals surface area contributed by atoms with Crippen LogP contribution in [0.15, 0.2) is 9.85 Å². The standard InChI is InChI=1S/C6H6BrNO2S/c1-10-6(9)5-4(8)3(7)2-11-5/h2H,8H2,1H3. The Labute approximate surface area is 76.3 Å². The van der Waals surface area contributed by atoms with Crippen LogP contribution in [0.3, 0.4) is 0 Å². The van der Waals surface area contributed by atoms with Gasteiger partial charge in [0, 0.05) is 5.38 Å². The molecular weight excluding hydrogens is 230 g/mol. The SMILES string of the molecule is COC(=O)c1scc(Br)c1N. The van der Waals surface area contributed by atoms with Crippen molar-refractivity contribution in [2.45, 2.75) is 0 Å². The van der Waals surface area contributed by atoms with E-state index in [0.717, 1.165) is 4.47 Å². The second-order valence-corrected chi connectivity index (χ2v) is 3.55. The van der Waals surface area contributed by atoms with Crippen LogP contribution >= 0.6 is 27.3 Å². The van der Waals surface area contributed by atoms with Gasteiger partial charge in [0.25, 0.3) is 0 Å². The average molecular weight is 236 g/mol. The summed E-state index contributed by atoms with van der Waals surface area (Å²) < 4.78 is 5.24. The first-order valence-electron chi connectivity index (χ1n) is 2.77. The molecule has 0 amide bonds. The van der Waals surface area contributed by atoms with Crippen LogP contribution in [0.1, 0.15) is 9.67 Å². The zero-order valence-electron chi connectivity index (χ0n) is 5.76. The largest absolute Gasteiger partial charge is 0.465 e. The summed E-state index contributed by atoms with van der Waals surface area (Å²) in [7, 11) is 1.33. The normalized spacial score (nSPS) is 9.64. The maximum absolute atomic E-state index is 10.9. The van der Waals surface area contributed by atoms with Crippen LogP contribution < -0.4 is 5.73 Å². The van der Waals surface area contributed by atoms with Gasteiger partial charge < -0.3 is 10.5 Å². The minimum absolute atomic E-state index is 0.391. The van der Waals surface area contributed by atoms with Crippen molar-refractivity contribution in [2.75, 3.05) is 12.8 Å². The molecule has 0 spiro atoms. The molecule has 0 aromatic carbocycles. The number of nitrogen functional groups attached to an aromatic ring is 1. The zero-order valence-corrected chi connectivity index (χ0v) is 8.16. The van der Waals surface area contributed by atoms with E-state index in [1.165, 1.54) is 18.4 Å². The highest BCUT2D eigenvalue weighted by molar-refractivity contribution is 9.10. The van der Waals surface area contributed by atoms with Gasteiger partial charge in [0.15, 0.2) is 0 Å². The first-order valence-corrected chi connectivity index (χ1v) is 4.45. The molecule has 1 rings (SSSR count). The molecule has 0 radical (unpaired) electrons. The summed E-state index contributed by atoms with van der Waals surface area (Å²) in [6.45, 7) is 0. The molecule has 0 aliphatic carbocycles. The molecule has 0 atom stereocenters. The van der Waals surface area contributed by atoms with Crippen LogP contribution in [0.2, 0.25) is 0 Å². The number of hydrogen-bond donors (Lipinski definition) is 1. The molecular formula is C6H6BrNO2S. The number of ether oxygens (including phenoxy) is 1. The Morgan fingerprint density at radius 3 is 2.82 bits per heavy atom. The van der Waals surface area contributed by atoms with Gasteiger partial charge in [-0.15, -0.1) is 11.3 Å². The zero-order chi connectivity index (χ0) is 8.43. The monoisotopic (exact) mass is 235 g/mol. The molecule has 3 nitrogen and oxygen atoms in total. The lowest BCUT2D eigenvalue weighted by atomic mass is 10.4. The number of methoxy groups -OCH3 is 1. The first kappa shape index (κ1) is 8.55. The highest BCUT2D eigenvalue weighted by atomic mass is 79.9. The quantitative estimate of drug-likeness (QED) is 0.757. The first-order chi connectivity index (χ1) is 5.16. The van der Waals surface area contributed by atoms with E-state index in [4.69, 9.17) is 5.73 Å². The van der Waals surface area contributed by atoms with Crippen LogP contribution in [0.4, 0.5) is 5.69 Å². The molecule has 1 aromatic rings. The fourth-order valence-corrected chi connectivity index (χ4v) is 1.97. The van der Waals surface area contributed by atoms with Crippen molar-refractivity contribution < 1.29 is 9.53 Å². The Bertz CT molecular complexity index is 284. The van der Waals surface area contributed by atoms with E-state index in [2.05, 4.69) is 20.7 Å². The van der Waals surface area contributed by atoms with Crippen LogP contribution in [-0.4, -0.2) is 13.1 Å². The van der Waals surface area contributed by atoms with Gasteiger partial charge in [-0.3, -0.25) is 0 Å². The number of anilines is 1. The molecule has 60 valence electrons. The molecule has 2 N–H and O–H groups in total. The van der Waals surface area contributed by atoms with Gasteiger partial charge >= 0.3 is 5.97 Å². The minimum atomic E-state index is -0.391. The van der Waals surface area contributed by atoms with Crippen molar-refractivity contribution in [1.82, 2.24) is 0 Å². The minimum Gasteiger partial charge on any atom is -0.465 e. The molecule has 5 heteroatoms. The van der Waals surface area contributed by atoms with Crippen LogP contribution in [0.5, 0.6) is 0 Å². The number of carbonyl (C=O) groups is 1. The lowest BCUT2D eigenvalue weighted by Gasteiger charge is -1.95. The maximum atomic E-state index is 10.9. The number of thiophene rings is 1. The molecule has 11 heavy (non-hydrogen) atoms. The van der Waals surface area contributed by atoms with Gasteiger partial charge in [-0.25, -0.2) is 4.79 Å². The van der Waals surface area contributed by atoms with E-state index >= 15 is 0 Å². The highest BCUT2D eigenvalue weighted by Gasteiger charge is 2.13. The molecule has 0 unspecified atom stereocenters. The molecule has 0 aliphatic heterocycles. The van der Waals surface area contributed by atoms with Gasteiger partial charge in [0.05, 0.1) is 17.3 Å². The van der Waals surface area contributed by atoms with Crippen molar-refractivity contribution in [1.29, 1.82) is 0 Å². The van der Waals surface area contributed by atoms with Crippen LogP contribution in [0.25, 0.3) is 0 Å². The van der Waals surface area contributed by atoms with Gasteiger partial charge in [-0.1, -0.05) is 0 Å². The molecule has 0 bridgehead atoms. The highest BCUT2D eigenvalue weighted by Crippen LogP contribution is 2.29. The van der Waals surface area contributed by atoms with E-state index in [0.29, 0.717) is 10.6 Å². The smallest absolute Gasteiger partial charge is 0.350 e. The van der Waals surface area contributed by atoms with Crippen LogP contribution in [0, 0.1) is 0 Å². The van der Waals surface area contributed by atoms with Crippen molar-refractivity contribution in [2.24, 2.45) is 0 Å². The number of halogens is 1. The topological polar surface area (TPSA) is 52.3 Å². The second kappa shape index (κ2) is 3.23. The van der Waals surface area contributed by atoms with E-state index < -0.39 is 5.97 Å². The summed E-state index contributed by atoms with van der Waals surface area (Å²) in [4.78, 5) is 11.4. The number of nitrogens with two attached hydrogens (primary N) is 1. The Kier molecular flexibility index (Phi) is 2.51.